The van der Waals surface area contributed by atoms with E-state index < -0.39 is 41.4 Å². The molecule has 2 heterocycles. The number of esters is 1. The second-order valence-corrected chi connectivity index (χ2v) is 18.5. The van der Waals surface area contributed by atoms with Gasteiger partial charge in [-0.05, 0) is 95.5 Å². The SMILES string of the molecule is CCCCCCN(C(=O)[C@@H](NC(=O)[C@H]1CCCCN1C)[C@@H](C)CC)[C@H](C[C@@H](OC(C)=O)c1nc(C(=O)NC(Cc2ccc(C)c(N)c2)CC(C)(C)C(=O)O)cs1)C(C)C. The van der Waals surface area contributed by atoms with Crippen LogP contribution in [0.4, 0.5) is 5.69 Å². The summed E-state index contributed by atoms with van der Waals surface area (Å²) >= 11 is 1.19. The zero-order chi connectivity index (χ0) is 44.0. The number of thiazole rings is 1. The van der Waals surface area contributed by atoms with Crippen LogP contribution in [0.1, 0.15) is 152 Å². The number of nitrogens with one attached hydrogen (secondary N) is 2. The monoisotopic (exact) mass is 841 g/mol. The lowest BCUT2D eigenvalue weighted by Crippen LogP contribution is -2.59. The lowest BCUT2D eigenvalue weighted by Gasteiger charge is -2.40. The fourth-order valence-electron chi connectivity index (χ4n) is 7.82. The number of carbonyl (C=O) groups is 5. The van der Waals surface area contributed by atoms with E-state index in [0.717, 1.165) is 62.6 Å². The highest BCUT2D eigenvalue weighted by Crippen LogP contribution is 2.32. The number of carbonyl (C=O) groups excluding carboxylic acids is 4. The Hall–Kier alpha value is -4.04. The van der Waals surface area contributed by atoms with Crippen molar-refractivity contribution >= 4 is 46.7 Å². The first-order valence-corrected chi connectivity index (χ1v) is 22.5. The van der Waals surface area contributed by atoms with Crippen molar-refractivity contribution in [2.75, 3.05) is 25.9 Å². The van der Waals surface area contributed by atoms with Crippen molar-refractivity contribution in [3.05, 3.63) is 45.4 Å². The molecule has 14 heteroatoms. The van der Waals surface area contributed by atoms with Crippen molar-refractivity contribution < 1.29 is 33.8 Å². The summed E-state index contributed by atoms with van der Waals surface area (Å²) in [4.78, 5) is 75.9. The van der Waals surface area contributed by atoms with Crippen molar-refractivity contribution in [1.82, 2.24) is 25.4 Å². The van der Waals surface area contributed by atoms with Crippen molar-refractivity contribution in [2.45, 2.75) is 163 Å². The van der Waals surface area contributed by atoms with Crippen LogP contribution in [0.25, 0.3) is 0 Å². The molecule has 0 spiro atoms. The Morgan fingerprint density at radius 2 is 1.80 bits per heavy atom. The number of ether oxygens (including phenoxy) is 1. The summed E-state index contributed by atoms with van der Waals surface area (Å²) in [7, 11) is 1.96. The van der Waals surface area contributed by atoms with Crippen molar-refractivity contribution in [3.8, 4) is 0 Å². The second-order valence-electron chi connectivity index (χ2n) is 17.6. The van der Waals surface area contributed by atoms with Gasteiger partial charge in [0.15, 0.2) is 6.10 Å². The standard InChI is InChI=1S/C45H72N6O7S/c1-11-13-14-16-22-51(43(55)39(29(5)12-2)49-41(54)36-18-15-17-21-50(36)10)37(28(3)4)25-38(58-31(7)52)42-48-35(27-59-42)40(53)47-33(26-45(8,9)44(56)57)23-32-20-19-30(6)34(46)24-32/h19-20,24,27-29,33,36-39H,11-18,21-23,25-26,46H2,1-10H3,(H,47,53)(H,49,54)(H,56,57)/t29-,33?,36+,37+,38+,39-/m0/s1. The minimum Gasteiger partial charge on any atom is -0.481 e. The Bertz CT molecular complexity index is 1710. The van der Waals surface area contributed by atoms with Gasteiger partial charge in [-0.1, -0.05) is 78.9 Å². The molecule has 6 atom stereocenters. The predicted molar refractivity (Wildman–Crippen MR) is 234 cm³/mol. The van der Waals surface area contributed by atoms with E-state index in [1.807, 2.05) is 64.8 Å². The fraction of sp³-hybridized carbons (Fsp3) is 0.689. The normalized spacial score (nSPS) is 17.4. The van der Waals surface area contributed by atoms with Crippen LogP contribution >= 0.6 is 11.3 Å². The Morgan fingerprint density at radius 3 is 2.39 bits per heavy atom. The molecule has 3 rings (SSSR count). The van der Waals surface area contributed by atoms with Gasteiger partial charge >= 0.3 is 11.9 Å². The number of anilines is 1. The Balaban J connectivity index is 1.95. The summed E-state index contributed by atoms with van der Waals surface area (Å²) in [5.41, 5.74) is 7.55. The largest absolute Gasteiger partial charge is 0.481 e. The summed E-state index contributed by atoms with van der Waals surface area (Å²) in [6, 6.07) is 3.69. The molecular weight excluding hydrogens is 769 g/mol. The average molecular weight is 841 g/mol. The van der Waals surface area contributed by atoms with Gasteiger partial charge in [-0.15, -0.1) is 11.3 Å². The van der Waals surface area contributed by atoms with Gasteiger partial charge in [-0.3, -0.25) is 28.9 Å². The molecule has 3 amide bonds. The zero-order valence-electron chi connectivity index (χ0n) is 37.3. The third kappa shape index (κ3) is 14.6. The van der Waals surface area contributed by atoms with Gasteiger partial charge in [0.1, 0.15) is 16.7 Å². The molecule has 5 N–H and O–H groups in total. The van der Waals surface area contributed by atoms with Crippen molar-refractivity contribution in [3.63, 3.8) is 0 Å². The van der Waals surface area contributed by atoms with E-state index in [-0.39, 0.29) is 54.3 Å². The summed E-state index contributed by atoms with van der Waals surface area (Å²) in [6.07, 6.45) is 7.13. The maximum Gasteiger partial charge on any atom is 0.309 e. The topological polar surface area (TPSA) is 184 Å². The van der Waals surface area contributed by atoms with Crippen LogP contribution in [-0.2, 0) is 30.3 Å². The summed E-state index contributed by atoms with van der Waals surface area (Å²) in [6.45, 7) is 18.0. The molecule has 1 aliphatic heterocycles. The van der Waals surface area contributed by atoms with E-state index in [1.165, 1.54) is 18.3 Å². The van der Waals surface area contributed by atoms with Gasteiger partial charge in [0.2, 0.25) is 11.8 Å². The van der Waals surface area contributed by atoms with Gasteiger partial charge in [0.25, 0.3) is 5.91 Å². The number of carboxylic acids is 1. The summed E-state index contributed by atoms with van der Waals surface area (Å²) < 4.78 is 5.93. The number of hydrogen-bond acceptors (Lipinski definition) is 10. The number of likely N-dealkylation sites (N-methyl/N-ethyl adjacent to an activating group) is 1. The highest BCUT2D eigenvalue weighted by atomic mass is 32.1. The van der Waals surface area contributed by atoms with Crippen LogP contribution < -0.4 is 16.4 Å². The number of aryl methyl sites for hydroxylation is 1. The number of piperidine rings is 1. The molecule has 1 aromatic carbocycles. The molecule has 1 aromatic heterocycles. The Kier molecular flexibility index (Phi) is 19.3. The molecule has 0 aliphatic carbocycles. The first kappa shape index (κ1) is 49.3. The predicted octanol–water partition coefficient (Wildman–Crippen LogP) is 7.32. The molecular formula is C45H72N6O7S. The van der Waals surface area contributed by atoms with E-state index in [4.69, 9.17) is 10.5 Å². The molecule has 1 unspecified atom stereocenters. The van der Waals surface area contributed by atoms with Gasteiger partial charge < -0.3 is 31.1 Å². The van der Waals surface area contributed by atoms with E-state index in [2.05, 4.69) is 27.4 Å². The third-order valence-corrected chi connectivity index (χ3v) is 12.8. The maximum atomic E-state index is 14.9. The lowest BCUT2D eigenvalue weighted by atomic mass is 9.83. The number of nitrogen functional groups attached to an aromatic ring is 1. The van der Waals surface area contributed by atoms with Crippen LogP contribution in [0, 0.1) is 24.2 Å². The van der Waals surface area contributed by atoms with E-state index in [9.17, 15) is 29.1 Å². The van der Waals surface area contributed by atoms with Crippen LogP contribution in [0.5, 0.6) is 0 Å². The van der Waals surface area contributed by atoms with E-state index in [0.29, 0.717) is 30.1 Å². The number of amides is 3. The molecule has 0 radical (unpaired) electrons. The molecule has 0 saturated carbocycles. The number of carboxylic acid groups (broad SMARTS) is 1. The van der Waals surface area contributed by atoms with Crippen molar-refractivity contribution in [1.29, 1.82) is 0 Å². The minimum atomic E-state index is -1.13. The number of aromatic nitrogens is 1. The van der Waals surface area contributed by atoms with Gasteiger partial charge in [0.05, 0.1) is 11.5 Å². The quantitative estimate of drug-likeness (QED) is 0.0503. The molecule has 1 saturated heterocycles. The number of hydrogen-bond donors (Lipinski definition) is 4. The van der Waals surface area contributed by atoms with Gasteiger partial charge in [-0.2, -0.15) is 0 Å². The van der Waals surface area contributed by atoms with Crippen LogP contribution in [0.3, 0.4) is 0 Å². The fourth-order valence-corrected chi connectivity index (χ4v) is 8.66. The minimum absolute atomic E-state index is 0.0576. The number of nitrogens with two attached hydrogens (primary N) is 1. The highest BCUT2D eigenvalue weighted by molar-refractivity contribution is 7.09. The van der Waals surface area contributed by atoms with Crippen LogP contribution in [-0.4, -0.2) is 93.9 Å². The number of benzene rings is 1. The molecule has 330 valence electrons. The Morgan fingerprint density at radius 1 is 1.08 bits per heavy atom. The van der Waals surface area contributed by atoms with E-state index >= 15 is 0 Å². The maximum absolute atomic E-state index is 14.9. The number of rotatable bonds is 23. The van der Waals surface area contributed by atoms with Gasteiger partial charge in [0, 0.05) is 43.0 Å². The summed E-state index contributed by atoms with van der Waals surface area (Å²) in [5, 5.41) is 18.1. The first-order chi connectivity index (χ1) is 27.8. The average Bonchev–Trinajstić information content (AvgIpc) is 3.67. The molecule has 0 bridgehead atoms. The van der Waals surface area contributed by atoms with Crippen LogP contribution in [0.2, 0.25) is 0 Å². The Labute approximate surface area is 356 Å². The lowest BCUT2D eigenvalue weighted by molar-refractivity contribution is -0.150. The zero-order valence-corrected chi connectivity index (χ0v) is 38.1. The van der Waals surface area contributed by atoms with Gasteiger partial charge in [-0.25, -0.2) is 4.98 Å². The highest BCUT2D eigenvalue weighted by Gasteiger charge is 2.39. The molecule has 13 nitrogen and oxygen atoms in total. The third-order valence-electron chi connectivity index (χ3n) is 11.8. The molecule has 2 aromatic rings. The number of likely N-dealkylation sites (tertiary alicyclic amines) is 1. The van der Waals surface area contributed by atoms with Crippen LogP contribution in [0.15, 0.2) is 23.6 Å². The summed E-state index contributed by atoms with van der Waals surface area (Å²) in [5.74, 6) is -2.43. The molecule has 1 fully saturated rings. The smallest absolute Gasteiger partial charge is 0.309 e. The van der Waals surface area contributed by atoms with E-state index in [1.54, 1.807) is 19.2 Å². The number of aliphatic carboxylic acids is 1. The van der Waals surface area contributed by atoms with Crippen molar-refractivity contribution in [2.24, 2.45) is 17.3 Å². The number of nitrogens with zero attached hydrogens (tertiary/aromatic N) is 3. The second kappa shape index (κ2) is 23.1. The number of unbranched alkanes of at least 4 members (excludes halogenated alkanes) is 3. The molecule has 1 aliphatic rings. The molecule has 59 heavy (non-hydrogen) atoms. The first-order valence-electron chi connectivity index (χ1n) is 21.6.